The first-order valence-corrected chi connectivity index (χ1v) is 6.68. The second-order valence-corrected chi connectivity index (χ2v) is 4.01. The molecule has 0 amide bonds. The Kier molecular flexibility index (Phi) is 8.20. The fourth-order valence-electron chi connectivity index (χ4n) is 1.55. The maximum atomic E-state index is 8.86. The molecule has 0 aromatic heterocycles. The quantitative estimate of drug-likeness (QED) is 0.615. The molecule has 20 heavy (non-hydrogen) atoms. The molecule has 1 aromatic rings. The zero-order valence-corrected chi connectivity index (χ0v) is 12.1. The molecule has 0 N–H and O–H groups in total. The topological polar surface area (TPSA) is 60.7 Å². The number of hydrogen-bond acceptors (Lipinski definition) is 5. The second-order valence-electron chi connectivity index (χ2n) is 4.01. The van der Waals surface area contributed by atoms with Crippen LogP contribution in [0.4, 0.5) is 0 Å². The molecule has 0 saturated heterocycles. The van der Waals surface area contributed by atoms with E-state index < -0.39 is 0 Å². The Morgan fingerprint density at radius 1 is 1.05 bits per heavy atom. The molecule has 0 unspecified atom stereocenters. The first-order valence-electron chi connectivity index (χ1n) is 6.68. The lowest BCUT2D eigenvalue weighted by molar-refractivity contribution is 0.0642. The SMILES string of the molecule is CCOc1cc(C#N)ccc1OCCCOCCOC. The summed E-state index contributed by atoms with van der Waals surface area (Å²) in [5.74, 6) is 1.26. The van der Waals surface area contributed by atoms with Crippen molar-refractivity contribution in [1.29, 1.82) is 5.26 Å². The summed E-state index contributed by atoms with van der Waals surface area (Å²) in [5.41, 5.74) is 0.559. The monoisotopic (exact) mass is 279 g/mol. The normalized spacial score (nSPS) is 10.1. The van der Waals surface area contributed by atoms with Crippen LogP contribution in [-0.2, 0) is 9.47 Å². The van der Waals surface area contributed by atoms with Gasteiger partial charge in [-0.3, -0.25) is 0 Å². The highest BCUT2D eigenvalue weighted by molar-refractivity contribution is 5.46. The van der Waals surface area contributed by atoms with Gasteiger partial charge in [0.25, 0.3) is 0 Å². The Morgan fingerprint density at radius 3 is 2.60 bits per heavy atom. The van der Waals surface area contributed by atoms with Gasteiger partial charge in [-0.15, -0.1) is 0 Å². The summed E-state index contributed by atoms with van der Waals surface area (Å²) < 4.78 is 21.3. The molecule has 5 heteroatoms. The molecular weight excluding hydrogens is 258 g/mol. The standard InChI is InChI=1S/C15H21NO4/c1-3-19-15-11-13(12-16)5-6-14(15)20-8-4-7-18-10-9-17-2/h5-6,11H,3-4,7-10H2,1-2H3. The lowest BCUT2D eigenvalue weighted by Crippen LogP contribution is -2.07. The highest BCUT2D eigenvalue weighted by Gasteiger charge is 2.06. The van der Waals surface area contributed by atoms with E-state index >= 15 is 0 Å². The van der Waals surface area contributed by atoms with Crippen LogP contribution in [0.1, 0.15) is 18.9 Å². The van der Waals surface area contributed by atoms with Gasteiger partial charge in [-0.05, 0) is 19.1 Å². The third kappa shape index (κ3) is 5.91. The molecule has 0 aliphatic rings. The first kappa shape index (κ1) is 16.3. The first-order chi connectivity index (χ1) is 9.81. The largest absolute Gasteiger partial charge is 0.490 e. The van der Waals surface area contributed by atoms with E-state index in [0.717, 1.165) is 6.42 Å². The fourth-order valence-corrected chi connectivity index (χ4v) is 1.55. The summed E-state index contributed by atoms with van der Waals surface area (Å²) in [6.07, 6.45) is 0.787. The van der Waals surface area contributed by atoms with Gasteiger partial charge in [0.05, 0.1) is 38.1 Å². The molecule has 5 nitrogen and oxygen atoms in total. The van der Waals surface area contributed by atoms with E-state index in [-0.39, 0.29) is 0 Å². The zero-order valence-electron chi connectivity index (χ0n) is 12.1. The van der Waals surface area contributed by atoms with Gasteiger partial charge in [0.1, 0.15) is 0 Å². The molecule has 0 atom stereocenters. The third-order valence-corrected chi connectivity index (χ3v) is 2.50. The van der Waals surface area contributed by atoms with Gasteiger partial charge in [-0.2, -0.15) is 5.26 Å². The van der Waals surface area contributed by atoms with E-state index in [4.69, 9.17) is 24.2 Å². The van der Waals surface area contributed by atoms with Crippen LogP contribution in [0.5, 0.6) is 11.5 Å². The molecular formula is C15H21NO4. The molecule has 0 aliphatic heterocycles. The number of methoxy groups -OCH3 is 1. The fraction of sp³-hybridized carbons (Fsp3) is 0.533. The maximum Gasteiger partial charge on any atom is 0.162 e. The summed E-state index contributed by atoms with van der Waals surface area (Å²) in [7, 11) is 1.65. The van der Waals surface area contributed by atoms with E-state index in [9.17, 15) is 0 Å². The Labute approximate surface area is 120 Å². The van der Waals surface area contributed by atoms with Gasteiger partial charge in [-0.1, -0.05) is 0 Å². The van der Waals surface area contributed by atoms with Crippen molar-refractivity contribution in [3.63, 3.8) is 0 Å². The number of benzene rings is 1. The average molecular weight is 279 g/mol. The van der Waals surface area contributed by atoms with Crippen molar-refractivity contribution < 1.29 is 18.9 Å². The van der Waals surface area contributed by atoms with Crippen LogP contribution in [0.25, 0.3) is 0 Å². The Balaban J connectivity index is 2.37. The predicted octanol–water partition coefficient (Wildman–Crippen LogP) is 2.39. The van der Waals surface area contributed by atoms with Crippen LogP contribution < -0.4 is 9.47 Å². The molecule has 0 aliphatic carbocycles. The molecule has 110 valence electrons. The van der Waals surface area contributed by atoms with Gasteiger partial charge in [-0.25, -0.2) is 0 Å². The number of rotatable bonds is 10. The van der Waals surface area contributed by atoms with E-state index in [1.807, 2.05) is 6.92 Å². The van der Waals surface area contributed by atoms with Crippen LogP contribution in [0, 0.1) is 11.3 Å². The molecule has 0 bridgehead atoms. The summed E-state index contributed by atoms with van der Waals surface area (Å²) in [5, 5.41) is 8.86. The molecule has 0 heterocycles. The van der Waals surface area contributed by atoms with Crippen LogP contribution in [0.2, 0.25) is 0 Å². The lowest BCUT2D eigenvalue weighted by Gasteiger charge is -2.12. The highest BCUT2D eigenvalue weighted by atomic mass is 16.5. The summed E-state index contributed by atoms with van der Waals surface area (Å²) in [6.45, 7) is 4.79. The maximum absolute atomic E-state index is 8.86. The van der Waals surface area contributed by atoms with Crippen LogP contribution in [0.15, 0.2) is 18.2 Å². The van der Waals surface area contributed by atoms with Crippen LogP contribution >= 0.6 is 0 Å². The van der Waals surface area contributed by atoms with Crippen LogP contribution in [0.3, 0.4) is 0 Å². The molecule has 1 rings (SSSR count). The van der Waals surface area contributed by atoms with Crippen molar-refractivity contribution in [2.24, 2.45) is 0 Å². The lowest BCUT2D eigenvalue weighted by atomic mass is 10.2. The van der Waals surface area contributed by atoms with E-state index in [1.165, 1.54) is 0 Å². The highest BCUT2D eigenvalue weighted by Crippen LogP contribution is 2.28. The average Bonchev–Trinajstić information content (AvgIpc) is 2.47. The molecule has 0 fully saturated rings. The summed E-state index contributed by atoms with van der Waals surface area (Å²) >= 11 is 0. The zero-order chi connectivity index (χ0) is 14.6. The Bertz CT molecular complexity index is 428. The minimum Gasteiger partial charge on any atom is -0.490 e. The van der Waals surface area contributed by atoms with Gasteiger partial charge in [0.2, 0.25) is 0 Å². The van der Waals surface area contributed by atoms with E-state index in [2.05, 4.69) is 6.07 Å². The van der Waals surface area contributed by atoms with Crippen LogP contribution in [-0.4, -0.2) is 40.1 Å². The molecule has 0 radical (unpaired) electrons. The molecule has 1 aromatic carbocycles. The van der Waals surface area contributed by atoms with Crippen molar-refractivity contribution in [3.05, 3.63) is 23.8 Å². The van der Waals surface area contributed by atoms with Crippen molar-refractivity contribution in [1.82, 2.24) is 0 Å². The Morgan fingerprint density at radius 2 is 1.90 bits per heavy atom. The van der Waals surface area contributed by atoms with Crippen molar-refractivity contribution in [2.45, 2.75) is 13.3 Å². The Hall–Kier alpha value is -1.77. The number of nitriles is 1. The molecule has 0 saturated carbocycles. The summed E-state index contributed by atoms with van der Waals surface area (Å²) in [6, 6.07) is 7.24. The van der Waals surface area contributed by atoms with Gasteiger partial charge >= 0.3 is 0 Å². The number of ether oxygens (including phenoxy) is 4. The minimum absolute atomic E-state index is 0.533. The summed E-state index contributed by atoms with van der Waals surface area (Å²) in [4.78, 5) is 0. The third-order valence-electron chi connectivity index (χ3n) is 2.50. The van der Waals surface area contributed by atoms with E-state index in [1.54, 1.807) is 25.3 Å². The van der Waals surface area contributed by atoms with Gasteiger partial charge in [0.15, 0.2) is 11.5 Å². The second kappa shape index (κ2) is 10.1. The van der Waals surface area contributed by atoms with Crippen molar-refractivity contribution in [2.75, 3.05) is 40.1 Å². The van der Waals surface area contributed by atoms with Crippen molar-refractivity contribution in [3.8, 4) is 17.6 Å². The minimum atomic E-state index is 0.533. The predicted molar refractivity (Wildman–Crippen MR) is 75.1 cm³/mol. The number of nitrogens with zero attached hydrogens (tertiary/aromatic N) is 1. The molecule has 0 spiro atoms. The van der Waals surface area contributed by atoms with Crippen molar-refractivity contribution >= 4 is 0 Å². The smallest absolute Gasteiger partial charge is 0.162 e. The van der Waals surface area contributed by atoms with Gasteiger partial charge < -0.3 is 18.9 Å². The van der Waals surface area contributed by atoms with E-state index in [0.29, 0.717) is 50.1 Å². The van der Waals surface area contributed by atoms with Gasteiger partial charge in [0, 0.05) is 26.2 Å². The number of hydrogen-bond donors (Lipinski definition) is 0.